The maximum atomic E-state index is 9.60. The van der Waals surface area contributed by atoms with Crippen molar-refractivity contribution in [3.63, 3.8) is 0 Å². The van der Waals surface area contributed by atoms with Crippen LogP contribution in [0.15, 0.2) is 0 Å². The molecule has 0 radical (unpaired) electrons. The molecule has 0 saturated heterocycles. The van der Waals surface area contributed by atoms with Crippen molar-refractivity contribution in [3.05, 3.63) is 0 Å². The summed E-state index contributed by atoms with van der Waals surface area (Å²) in [6.45, 7) is 2.06. The number of hydrogen-bond acceptors (Lipinski definition) is 2. The zero-order chi connectivity index (χ0) is 4.99. The van der Waals surface area contributed by atoms with Crippen LogP contribution in [0.4, 0.5) is 4.79 Å². The van der Waals surface area contributed by atoms with Gasteiger partial charge in [0.2, 0.25) is 0 Å². The molecule has 44 valence electrons. The molecule has 0 aromatic rings. The largest absolute Gasteiger partial charge is 0.450 e. The quantitative estimate of drug-likeness (QED) is 0.628. The van der Waals surface area contributed by atoms with Crippen molar-refractivity contribution < 1.29 is 9.53 Å². The molecule has 0 atom stereocenters. The summed E-state index contributed by atoms with van der Waals surface area (Å²) in [5.74, 6) is 0. The molecule has 2 N–H and O–H groups in total. The second-order valence-electron chi connectivity index (χ2n) is 0.752. The third-order valence-electron chi connectivity index (χ3n) is 0.287. The van der Waals surface area contributed by atoms with E-state index >= 15 is 0 Å². The van der Waals surface area contributed by atoms with Crippen LogP contribution >= 0.6 is 17.0 Å². The van der Waals surface area contributed by atoms with E-state index in [1.54, 1.807) is 6.92 Å². The number of carbonyl (C=O) groups is 1. The number of ether oxygens (including phenoxy) is 1. The number of hydrogen-bond donors (Lipinski definition) is 1. The number of rotatable bonds is 1. The van der Waals surface area contributed by atoms with Gasteiger partial charge in [-0.05, 0) is 6.92 Å². The summed E-state index contributed by atoms with van der Waals surface area (Å²) < 4.78 is 4.18. The number of nitrogens with two attached hydrogens (primary N) is 1. The normalized spacial score (nSPS) is 6.43. The Labute approximate surface area is 52.6 Å². The molecule has 0 aliphatic heterocycles. The molecule has 0 rings (SSSR count). The van der Waals surface area contributed by atoms with E-state index < -0.39 is 6.09 Å². The number of carbonyl (C=O) groups excluding carboxylic acids is 1. The number of primary amides is 1. The van der Waals surface area contributed by atoms with Crippen molar-refractivity contribution in [2.24, 2.45) is 5.73 Å². The van der Waals surface area contributed by atoms with Crippen LogP contribution in [-0.2, 0) is 4.74 Å². The van der Waals surface area contributed by atoms with Crippen LogP contribution in [0.5, 0.6) is 0 Å². The molecule has 3 nitrogen and oxygen atoms in total. The van der Waals surface area contributed by atoms with E-state index in [2.05, 4.69) is 10.5 Å². The van der Waals surface area contributed by atoms with Crippen LogP contribution in [-0.4, -0.2) is 12.7 Å². The van der Waals surface area contributed by atoms with E-state index in [9.17, 15) is 4.79 Å². The molecular weight excluding hydrogens is 162 g/mol. The van der Waals surface area contributed by atoms with E-state index in [0.717, 1.165) is 0 Å². The fourth-order valence-electron chi connectivity index (χ4n) is 0.142. The third kappa shape index (κ3) is 10.7. The monoisotopic (exact) mass is 169 g/mol. The van der Waals surface area contributed by atoms with Crippen LogP contribution in [0.3, 0.4) is 0 Å². The van der Waals surface area contributed by atoms with Crippen LogP contribution < -0.4 is 5.73 Å². The van der Waals surface area contributed by atoms with Gasteiger partial charge in [-0.1, -0.05) is 0 Å². The minimum absolute atomic E-state index is 0. The summed E-state index contributed by atoms with van der Waals surface area (Å²) in [6.07, 6.45) is -0.711. The SMILES string of the molecule is Br.CCOC(N)=O. The fourth-order valence-corrected chi connectivity index (χ4v) is 0.142. The number of halogens is 1. The highest BCUT2D eigenvalue weighted by atomic mass is 79.9. The van der Waals surface area contributed by atoms with Crippen molar-refractivity contribution in [1.29, 1.82) is 0 Å². The molecule has 1 amide bonds. The Hall–Kier alpha value is -0.250. The summed E-state index contributed by atoms with van der Waals surface area (Å²) in [5.41, 5.74) is 4.54. The Bertz CT molecular complexity index is 56.9. The molecule has 0 unspecified atom stereocenters. The van der Waals surface area contributed by atoms with Crippen molar-refractivity contribution in [1.82, 2.24) is 0 Å². The standard InChI is InChI=1S/C3H7NO2.BrH/c1-2-6-3(4)5;/h2H2,1H3,(H2,4,5);1H. The summed E-state index contributed by atoms with van der Waals surface area (Å²) in [5, 5.41) is 0. The van der Waals surface area contributed by atoms with E-state index in [1.807, 2.05) is 0 Å². The van der Waals surface area contributed by atoms with E-state index in [-0.39, 0.29) is 17.0 Å². The maximum Gasteiger partial charge on any atom is 0.404 e. The minimum atomic E-state index is -0.711. The molecular formula is C3H8BrNO2. The van der Waals surface area contributed by atoms with Crippen molar-refractivity contribution in [3.8, 4) is 0 Å². The molecule has 0 spiro atoms. The van der Waals surface area contributed by atoms with Gasteiger partial charge < -0.3 is 10.5 Å². The molecule has 0 bridgehead atoms. The Morgan fingerprint density at radius 3 is 2.29 bits per heavy atom. The van der Waals surface area contributed by atoms with Crippen LogP contribution in [0, 0.1) is 0 Å². The second-order valence-corrected chi connectivity index (χ2v) is 0.752. The predicted molar refractivity (Wildman–Crippen MR) is 31.5 cm³/mol. The Morgan fingerprint density at radius 1 is 1.86 bits per heavy atom. The Morgan fingerprint density at radius 2 is 2.29 bits per heavy atom. The van der Waals surface area contributed by atoms with Gasteiger partial charge in [-0.2, -0.15) is 0 Å². The molecule has 0 saturated carbocycles. The van der Waals surface area contributed by atoms with Gasteiger partial charge in [0.05, 0.1) is 6.61 Å². The molecule has 0 aromatic heterocycles. The molecule has 0 aliphatic rings. The van der Waals surface area contributed by atoms with Gasteiger partial charge in [0, 0.05) is 0 Å². The highest BCUT2D eigenvalue weighted by molar-refractivity contribution is 8.93. The van der Waals surface area contributed by atoms with Crippen LogP contribution in [0.25, 0.3) is 0 Å². The number of amides is 1. The van der Waals surface area contributed by atoms with Gasteiger partial charge in [0.15, 0.2) is 0 Å². The summed E-state index contributed by atoms with van der Waals surface area (Å²) in [6, 6.07) is 0. The predicted octanol–water partition coefficient (Wildman–Crippen LogP) is 0.680. The second kappa shape index (κ2) is 5.75. The highest BCUT2D eigenvalue weighted by Gasteiger charge is 1.82. The first-order valence-electron chi connectivity index (χ1n) is 1.69. The van der Waals surface area contributed by atoms with Crippen molar-refractivity contribution in [2.75, 3.05) is 6.61 Å². The smallest absolute Gasteiger partial charge is 0.404 e. The van der Waals surface area contributed by atoms with Gasteiger partial charge >= 0.3 is 6.09 Å². The minimum Gasteiger partial charge on any atom is -0.450 e. The van der Waals surface area contributed by atoms with Gasteiger partial charge in [-0.15, -0.1) is 17.0 Å². The summed E-state index contributed by atoms with van der Waals surface area (Å²) in [4.78, 5) is 9.60. The van der Waals surface area contributed by atoms with E-state index in [0.29, 0.717) is 6.61 Å². The lowest BCUT2D eigenvalue weighted by Gasteiger charge is -1.89. The summed E-state index contributed by atoms with van der Waals surface area (Å²) in [7, 11) is 0. The lowest BCUT2D eigenvalue weighted by atomic mass is 10.9. The van der Waals surface area contributed by atoms with Gasteiger partial charge in [0.25, 0.3) is 0 Å². The zero-order valence-corrected chi connectivity index (χ0v) is 5.72. The van der Waals surface area contributed by atoms with Crippen molar-refractivity contribution >= 4 is 23.1 Å². The first-order valence-corrected chi connectivity index (χ1v) is 1.69. The van der Waals surface area contributed by atoms with E-state index in [1.165, 1.54) is 0 Å². The zero-order valence-electron chi connectivity index (χ0n) is 4.01. The van der Waals surface area contributed by atoms with E-state index in [4.69, 9.17) is 0 Å². The van der Waals surface area contributed by atoms with Gasteiger partial charge in [-0.3, -0.25) is 0 Å². The molecule has 7 heavy (non-hydrogen) atoms. The van der Waals surface area contributed by atoms with Crippen molar-refractivity contribution in [2.45, 2.75) is 6.92 Å². The molecule has 4 heteroatoms. The summed E-state index contributed by atoms with van der Waals surface area (Å²) >= 11 is 0. The average molecular weight is 170 g/mol. The van der Waals surface area contributed by atoms with Crippen LogP contribution in [0.2, 0.25) is 0 Å². The molecule has 0 heterocycles. The highest BCUT2D eigenvalue weighted by Crippen LogP contribution is 1.66. The molecule has 0 aliphatic carbocycles. The first kappa shape index (κ1) is 9.89. The molecule has 0 fully saturated rings. The maximum absolute atomic E-state index is 9.60. The lowest BCUT2D eigenvalue weighted by molar-refractivity contribution is 0.163. The topological polar surface area (TPSA) is 52.3 Å². The van der Waals surface area contributed by atoms with Crippen LogP contribution in [0.1, 0.15) is 6.92 Å². The lowest BCUT2D eigenvalue weighted by Crippen LogP contribution is -2.11. The molecule has 0 aromatic carbocycles. The Balaban J connectivity index is 0. The third-order valence-corrected chi connectivity index (χ3v) is 0.287. The first-order chi connectivity index (χ1) is 2.77. The Kier molecular flexibility index (Phi) is 8.12. The van der Waals surface area contributed by atoms with Gasteiger partial charge in [0.1, 0.15) is 0 Å². The van der Waals surface area contributed by atoms with Gasteiger partial charge in [-0.25, -0.2) is 4.79 Å². The fraction of sp³-hybridized carbons (Fsp3) is 0.667. The average Bonchev–Trinajstić information content (AvgIpc) is 1.35.